The molecule has 2 rings (SSSR count). The van der Waals surface area contributed by atoms with Crippen molar-refractivity contribution in [1.82, 2.24) is 5.32 Å². The molecule has 1 heterocycles. The third kappa shape index (κ3) is 3.57. The van der Waals surface area contributed by atoms with Gasteiger partial charge in [0.15, 0.2) is 0 Å². The summed E-state index contributed by atoms with van der Waals surface area (Å²) < 4.78 is 10.8. The number of ether oxygens (including phenoxy) is 2. The van der Waals surface area contributed by atoms with Crippen molar-refractivity contribution in [1.29, 1.82) is 0 Å². The zero-order valence-electron chi connectivity index (χ0n) is 13.3. The highest BCUT2D eigenvalue weighted by atomic mass is 32.1. The van der Waals surface area contributed by atoms with Gasteiger partial charge in [0.1, 0.15) is 11.5 Å². The second-order valence-corrected chi connectivity index (χ2v) is 6.13. The van der Waals surface area contributed by atoms with Crippen LogP contribution in [0.25, 0.3) is 0 Å². The fourth-order valence-corrected chi connectivity index (χ4v) is 3.49. The first-order valence-electron chi connectivity index (χ1n) is 7.08. The molecule has 0 aliphatic rings. The molecule has 0 aliphatic carbocycles. The summed E-state index contributed by atoms with van der Waals surface area (Å²) in [5.74, 6) is 1.73. The highest BCUT2D eigenvalue weighted by Gasteiger charge is 2.17. The summed E-state index contributed by atoms with van der Waals surface area (Å²) in [7, 11) is 3.38. The van der Waals surface area contributed by atoms with Crippen molar-refractivity contribution >= 4 is 11.3 Å². The Hall–Kier alpha value is -1.52. The minimum atomic E-state index is 0.173. The number of methoxy groups -OCH3 is 2. The van der Waals surface area contributed by atoms with Crippen molar-refractivity contribution in [2.75, 3.05) is 14.2 Å². The monoisotopic (exact) mass is 305 g/mol. The molecule has 21 heavy (non-hydrogen) atoms. The largest absolute Gasteiger partial charge is 0.497 e. The molecule has 0 aliphatic heterocycles. The van der Waals surface area contributed by atoms with Crippen molar-refractivity contribution in [2.45, 2.75) is 32.9 Å². The quantitative estimate of drug-likeness (QED) is 0.853. The molecule has 0 saturated heterocycles. The van der Waals surface area contributed by atoms with Gasteiger partial charge >= 0.3 is 0 Å². The zero-order chi connectivity index (χ0) is 15.4. The van der Waals surface area contributed by atoms with Crippen LogP contribution in [0.1, 0.15) is 41.9 Å². The van der Waals surface area contributed by atoms with Gasteiger partial charge in [0.05, 0.1) is 14.2 Å². The lowest BCUT2D eigenvalue weighted by Crippen LogP contribution is -2.22. The van der Waals surface area contributed by atoms with E-state index >= 15 is 0 Å². The molecular formula is C17H23NO2S. The maximum Gasteiger partial charge on any atom is 0.123 e. The second kappa shape index (κ2) is 6.96. The molecule has 1 aromatic carbocycles. The maximum atomic E-state index is 5.47. The van der Waals surface area contributed by atoms with Crippen LogP contribution < -0.4 is 14.8 Å². The molecule has 0 fully saturated rings. The summed E-state index contributed by atoms with van der Waals surface area (Å²) >= 11 is 1.79. The highest BCUT2D eigenvalue weighted by Crippen LogP contribution is 2.32. The standard InChI is InChI=1S/C17H23NO2S/c1-11-8-9-21-17(11)13(3)18-12(2)15-10-14(19-4)6-7-16(15)20-5/h6-10,12-13,18H,1-5H3. The predicted molar refractivity (Wildman–Crippen MR) is 88.6 cm³/mol. The fraction of sp³-hybridized carbons (Fsp3) is 0.412. The van der Waals surface area contributed by atoms with Gasteiger partial charge in [-0.05, 0) is 56.0 Å². The first-order valence-corrected chi connectivity index (χ1v) is 7.96. The Morgan fingerprint density at radius 1 is 1.05 bits per heavy atom. The Balaban J connectivity index is 2.19. The van der Waals surface area contributed by atoms with E-state index in [-0.39, 0.29) is 6.04 Å². The van der Waals surface area contributed by atoms with Gasteiger partial charge in [-0.3, -0.25) is 0 Å². The summed E-state index contributed by atoms with van der Waals surface area (Å²) in [5, 5.41) is 5.78. The molecule has 0 bridgehead atoms. The van der Waals surface area contributed by atoms with E-state index in [1.807, 2.05) is 18.2 Å². The molecule has 2 atom stereocenters. The number of rotatable bonds is 6. The van der Waals surface area contributed by atoms with E-state index in [0.29, 0.717) is 6.04 Å². The van der Waals surface area contributed by atoms with Gasteiger partial charge in [-0.2, -0.15) is 0 Å². The SMILES string of the molecule is COc1ccc(OC)c(C(C)NC(C)c2sccc2C)c1. The summed E-state index contributed by atoms with van der Waals surface area (Å²) in [6, 6.07) is 8.54. The molecule has 0 spiro atoms. The summed E-state index contributed by atoms with van der Waals surface area (Å²) in [4.78, 5) is 1.38. The van der Waals surface area contributed by atoms with Gasteiger partial charge in [0.2, 0.25) is 0 Å². The average Bonchev–Trinajstić information content (AvgIpc) is 2.92. The number of thiophene rings is 1. The number of hydrogen-bond donors (Lipinski definition) is 1. The first kappa shape index (κ1) is 15.9. The van der Waals surface area contributed by atoms with Gasteiger partial charge < -0.3 is 14.8 Å². The van der Waals surface area contributed by atoms with Crippen LogP contribution in [0.4, 0.5) is 0 Å². The van der Waals surface area contributed by atoms with Crippen molar-refractivity contribution in [3.8, 4) is 11.5 Å². The van der Waals surface area contributed by atoms with Gasteiger partial charge in [0.25, 0.3) is 0 Å². The predicted octanol–water partition coefficient (Wildman–Crippen LogP) is 4.49. The molecule has 1 N–H and O–H groups in total. The normalized spacial score (nSPS) is 13.8. The van der Waals surface area contributed by atoms with E-state index in [0.717, 1.165) is 17.1 Å². The molecule has 4 heteroatoms. The molecule has 1 aromatic heterocycles. The van der Waals surface area contributed by atoms with Crippen LogP contribution in [0.5, 0.6) is 11.5 Å². The van der Waals surface area contributed by atoms with Gasteiger partial charge in [-0.15, -0.1) is 11.3 Å². The minimum Gasteiger partial charge on any atom is -0.497 e. The van der Waals surface area contributed by atoms with E-state index in [4.69, 9.17) is 9.47 Å². The van der Waals surface area contributed by atoms with Crippen LogP contribution in [0, 0.1) is 6.92 Å². The maximum absolute atomic E-state index is 5.47. The fourth-order valence-electron chi connectivity index (χ4n) is 2.55. The molecule has 2 aromatic rings. The Morgan fingerprint density at radius 3 is 2.38 bits per heavy atom. The van der Waals surface area contributed by atoms with E-state index in [2.05, 4.69) is 37.5 Å². The first-order chi connectivity index (χ1) is 10.1. The van der Waals surface area contributed by atoms with Gasteiger partial charge in [-0.25, -0.2) is 0 Å². The zero-order valence-corrected chi connectivity index (χ0v) is 14.1. The van der Waals surface area contributed by atoms with E-state index in [9.17, 15) is 0 Å². The van der Waals surface area contributed by atoms with E-state index in [1.165, 1.54) is 10.4 Å². The highest BCUT2D eigenvalue weighted by molar-refractivity contribution is 7.10. The Kier molecular flexibility index (Phi) is 5.26. The lowest BCUT2D eigenvalue weighted by molar-refractivity contribution is 0.388. The summed E-state index contributed by atoms with van der Waals surface area (Å²) in [5.41, 5.74) is 2.45. The summed E-state index contributed by atoms with van der Waals surface area (Å²) in [6.07, 6.45) is 0. The smallest absolute Gasteiger partial charge is 0.123 e. The van der Waals surface area contributed by atoms with Gasteiger partial charge in [0, 0.05) is 22.5 Å². The van der Waals surface area contributed by atoms with Gasteiger partial charge in [-0.1, -0.05) is 0 Å². The van der Waals surface area contributed by atoms with Crippen LogP contribution in [0.3, 0.4) is 0 Å². The van der Waals surface area contributed by atoms with Crippen LogP contribution in [0.2, 0.25) is 0 Å². The Labute approximate surface area is 130 Å². The van der Waals surface area contributed by atoms with Crippen LogP contribution >= 0.6 is 11.3 Å². The lowest BCUT2D eigenvalue weighted by atomic mass is 10.0. The number of benzene rings is 1. The second-order valence-electron chi connectivity index (χ2n) is 5.19. The van der Waals surface area contributed by atoms with E-state index in [1.54, 1.807) is 25.6 Å². The minimum absolute atomic E-state index is 0.173. The van der Waals surface area contributed by atoms with Crippen molar-refractivity contribution in [3.05, 3.63) is 45.6 Å². The van der Waals surface area contributed by atoms with Crippen LogP contribution in [0.15, 0.2) is 29.6 Å². The Bertz CT molecular complexity index is 594. The van der Waals surface area contributed by atoms with Crippen LogP contribution in [-0.2, 0) is 0 Å². The van der Waals surface area contributed by atoms with Crippen molar-refractivity contribution in [2.24, 2.45) is 0 Å². The molecule has 0 amide bonds. The lowest BCUT2D eigenvalue weighted by Gasteiger charge is -2.22. The van der Waals surface area contributed by atoms with Crippen molar-refractivity contribution < 1.29 is 9.47 Å². The molecule has 114 valence electrons. The third-order valence-electron chi connectivity index (χ3n) is 3.70. The van der Waals surface area contributed by atoms with E-state index < -0.39 is 0 Å². The topological polar surface area (TPSA) is 30.5 Å². The molecule has 0 saturated carbocycles. The van der Waals surface area contributed by atoms with Crippen LogP contribution in [-0.4, -0.2) is 14.2 Å². The average molecular weight is 305 g/mol. The third-order valence-corrected chi connectivity index (χ3v) is 4.90. The summed E-state index contributed by atoms with van der Waals surface area (Å²) in [6.45, 7) is 6.50. The number of hydrogen-bond acceptors (Lipinski definition) is 4. The Morgan fingerprint density at radius 2 is 1.81 bits per heavy atom. The molecule has 3 nitrogen and oxygen atoms in total. The number of nitrogens with one attached hydrogen (secondary N) is 1. The van der Waals surface area contributed by atoms with Crippen molar-refractivity contribution in [3.63, 3.8) is 0 Å². The molecule has 0 radical (unpaired) electrons. The molecular weight excluding hydrogens is 282 g/mol. The number of aryl methyl sites for hydroxylation is 1. The molecule has 2 unspecified atom stereocenters.